The van der Waals surface area contributed by atoms with Crippen molar-refractivity contribution in [2.75, 3.05) is 44.7 Å². The van der Waals surface area contributed by atoms with Gasteiger partial charge in [-0.1, -0.05) is 17.7 Å². The molecule has 0 radical (unpaired) electrons. The molecule has 2 saturated heterocycles. The number of aliphatic carboxylic acids is 1. The van der Waals surface area contributed by atoms with E-state index in [0.717, 1.165) is 5.56 Å². The highest BCUT2D eigenvalue weighted by atomic mass is 35.5. The van der Waals surface area contributed by atoms with Gasteiger partial charge in [-0.3, -0.25) is 24.6 Å². The van der Waals surface area contributed by atoms with E-state index in [4.69, 9.17) is 26.4 Å². The summed E-state index contributed by atoms with van der Waals surface area (Å²) in [7, 11) is 1.29. The number of amidine groups is 1. The van der Waals surface area contributed by atoms with E-state index in [-0.39, 0.29) is 29.1 Å². The van der Waals surface area contributed by atoms with Crippen molar-refractivity contribution < 1.29 is 28.6 Å². The molecule has 1 aromatic carbocycles. The normalized spacial score (nSPS) is 20.2. The summed E-state index contributed by atoms with van der Waals surface area (Å²) < 4.78 is 19.2. The molecule has 3 aromatic rings. The Bertz CT molecular complexity index is 1700. The number of carboxylic acid groups (broad SMARTS) is 1. The van der Waals surface area contributed by atoms with E-state index in [0.29, 0.717) is 66.9 Å². The molecule has 0 aliphatic carbocycles. The second kappa shape index (κ2) is 12.9. The lowest BCUT2D eigenvalue weighted by Gasteiger charge is -2.38. The number of esters is 1. The van der Waals surface area contributed by atoms with Crippen LogP contribution in [0.2, 0.25) is 5.02 Å². The van der Waals surface area contributed by atoms with E-state index in [2.05, 4.69) is 20.2 Å². The molecule has 2 aromatic heterocycles. The van der Waals surface area contributed by atoms with E-state index >= 15 is 0 Å². The van der Waals surface area contributed by atoms with Crippen molar-refractivity contribution in [2.24, 2.45) is 4.99 Å². The molecule has 0 spiro atoms. The molecule has 12 nitrogen and oxygen atoms in total. The van der Waals surface area contributed by atoms with Crippen LogP contribution in [-0.4, -0.2) is 94.6 Å². The first kappa shape index (κ1) is 30.6. The fourth-order valence-electron chi connectivity index (χ4n) is 5.83. The fraction of sp³-hybridized carbons (Fsp3) is 0.333. The van der Waals surface area contributed by atoms with E-state index in [1.54, 1.807) is 23.5 Å². The molecule has 5 heterocycles. The zero-order valence-corrected chi connectivity index (χ0v) is 25.7. The van der Waals surface area contributed by atoms with Crippen LogP contribution in [0.1, 0.15) is 28.6 Å². The average molecular weight is 654 g/mol. The average Bonchev–Trinajstić information content (AvgIpc) is 3.68. The lowest BCUT2D eigenvalue weighted by atomic mass is 9.95. The van der Waals surface area contributed by atoms with Gasteiger partial charge in [-0.15, -0.1) is 11.3 Å². The van der Waals surface area contributed by atoms with Crippen molar-refractivity contribution in [3.63, 3.8) is 0 Å². The van der Waals surface area contributed by atoms with Gasteiger partial charge in [0.15, 0.2) is 10.8 Å². The highest BCUT2D eigenvalue weighted by molar-refractivity contribution is 7.11. The number of benzene rings is 1. The summed E-state index contributed by atoms with van der Waals surface area (Å²) in [6.07, 6.45) is 5.17. The molecule has 0 saturated carbocycles. The minimum atomic E-state index is -0.898. The number of thiazole rings is 1. The standard InChI is InChI=1S/C30H29ClFN7O5S/c1-44-29(42)25-23(35-27(28-34-6-9-45-28)36-26(25)21-4-3-18(32)11-22(21)31)16-37-7-8-38-20(14-37)15-39(30(38)43)19-10-17(12-33-13-19)2-5-24(40)41/h3-4,6,9-13,20,26H,2,5,7-8,14-16H2,1H3,(H,35,36)(H,40,41). The number of pyridine rings is 1. The van der Waals surface area contributed by atoms with Gasteiger partial charge in [0.1, 0.15) is 11.9 Å². The van der Waals surface area contributed by atoms with E-state index in [1.165, 1.54) is 36.6 Å². The molecular formula is C30H29ClFN7O5S. The molecule has 0 bridgehead atoms. The minimum Gasteiger partial charge on any atom is -0.481 e. The summed E-state index contributed by atoms with van der Waals surface area (Å²) in [5.74, 6) is -1.55. The number of fused-ring (bicyclic) bond motifs is 1. The van der Waals surface area contributed by atoms with Gasteiger partial charge in [0, 0.05) is 73.2 Å². The number of carbonyl (C=O) groups excluding carboxylic acids is 2. The molecule has 15 heteroatoms. The Morgan fingerprint density at radius 1 is 1.22 bits per heavy atom. The molecule has 2 atom stereocenters. The number of methoxy groups -OCH3 is 1. The van der Waals surface area contributed by atoms with Gasteiger partial charge in [0.2, 0.25) is 0 Å². The molecule has 3 aliphatic heterocycles. The number of aryl methyl sites for hydroxylation is 1. The molecule has 45 heavy (non-hydrogen) atoms. The molecule has 2 N–H and O–H groups in total. The lowest BCUT2D eigenvalue weighted by Crippen LogP contribution is -2.53. The van der Waals surface area contributed by atoms with Gasteiger partial charge in [-0.05, 0) is 30.2 Å². The van der Waals surface area contributed by atoms with Crippen LogP contribution < -0.4 is 10.2 Å². The zero-order valence-electron chi connectivity index (χ0n) is 24.2. The zero-order chi connectivity index (χ0) is 31.7. The van der Waals surface area contributed by atoms with Gasteiger partial charge in [0.25, 0.3) is 0 Å². The molecule has 3 aliphatic rings. The van der Waals surface area contributed by atoms with Gasteiger partial charge >= 0.3 is 18.0 Å². The topological polar surface area (TPSA) is 141 Å². The Balaban J connectivity index is 1.26. The van der Waals surface area contributed by atoms with Crippen molar-refractivity contribution in [3.05, 3.63) is 86.5 Å². The van der Waals surface area contributed by atoms with E-state index < -0.39 is 23.8 Å². The first-order chi connectivity index (χ1) is 21.7. The molecule has 2 fully saturated rings. The number of aliphatic imine (C=N–C) groups is 1. The van der Waals surface area contributed by atoms with Gasteiger partial charge in [-0.25, -0.2) is 19.0 Å². The summed E-state index contributed by atoms with van der Waals surface area (Å²) in [6.45, 7) is 2.27. The number of ether oxygens (including phenoxy) is 1. The second-order valence-electron chi connectivity index (χ2n) is 10.8. The molecular weight excluding hydrogens is 625 g/mol. The number of carboxylic acids is 1. The highest BCUT2D eigenvalue weighted by Gasteiger charge is 2.42. The predicted octanol–water partition coefficient (Wildman–Crippen LogP) is 3.49. The maximum absolute atomic E-state index is 14.0. The Hall–Kier alpha value is -4.40. The molecule has 2 amide bonds. The number of urea groups is 1. The predicted molar refractivity (Wildman–Crippen MR) is 165 cm³/mol. The third kappa shape index (κ3) is 6.39. The lowest BCUT2D eigenvalue weighted by molar-refractivity contribution is -0.137. The summed E-state index contributed by atoms with van der Waals surface area (Å²) in [5, 5.41) is 14.9. The first-order valence-corrected chi connectivity index (χ1v) is 15.4. The van der Waals surface area contributed by atoms with Crippen LogP contribution in [0.4, 0.5) is 14.9 Å². The van der Waals surface area contributed by atoms with Crippen LogP contribution in [0, 0.1) is 5.82 Å². The summed E-state index contributed by atoms with van der Waals surface area (Å²) in [6, 6.07) is 4.65. The SMILES string of the molecule is COC(=O)C1=C(CN2CCN3C(=O)N(c4cncc(CCC(=O)O)c4)CC3C2)NC(c2nccs2)=NC1c1ccc(F)cc1Cl. The first-order valence-electron chi connectivity index (χ1n) is 14.2. The van der Waals surface area contributed by atoms with E-state index in [1.807, 2.05) is 16.3 Å². The number of aromatic nitrogens is 2. The third-order valence-electron chi connectivity index (χ3n) is 7.96. The summed E-state index contributed by atoms with van der Waals surface area (Å²) in [5.41, 5.74) is 2.62. The fourth-order valence-corrected chi connectivity index (χ4v) is 6.69. The number of carbonyl (C=O) groups is 3. The van der Waals surface area contributed by atoms with Crippen molar-refractivity contribution in [1.82, 2.24) is 25.1 Å². The summed E-state index contributed by atoms with van der Waals surface area (Å²) in [4.78, 5) is 56.7. The van der Waals surface area contributed by atoms with Crippen LogP contribution in [0.5, 0.6) is 0 Å². The van der Waals surface area contributed by atoms with Crippen LogP contribution in [-0.2, 0) is 20.7 Å². The van der Waals surface area contributed by atoms with Crippen LogP contribution >= 0.6 is 22.9 Å². The Morgan fingerprint density at radius 2 is 2.07 bits per heavy atom. The van der Waals surface area contributed by atoms with Crippen molar-refractivity contribution in [1.29, 1.82) is 0 Å². The van der Waals surface area contributed by atoms with Crippen molar-refractivity contribution in [2.45, 2.75) is 24.9 Å². The number of nitrogens with zero attached hydrogens (tertiary/aromatic N) is 6. The monoisotopic (exact) mass is 653 g/mol. The smallest absolute Gasteiger partial charge is 0.338 e. The van der Waals surface area contributed by atoms with Crippen molar-refractivity contribution >= 4 is 52.4 Å². The van der Waals surface area contributed by atoms with Gasteiger partial charge < -0.3 is 20.1 Å². The second-order valence-corrected chi connectivity index (χ2v) is 12.1. The minimum absolute atomic E-state index is 0.0244. The summed E-state index contributed by atoms with van der Waals surface area (Å²) >= 11 is 7.85. The number of rotatable bonds is 9. The number of piperazine rings is 1. The maximum atomic E-state index is 14.0. The Morgan fingerprint density at radius 3 is 2.80 bits per heavy atom. The number of anilines is 1. The quantitative estimate of drug-likeness (QED) is 0.332. The Labute approximate surface area is 266 Å². The molecule has 2 unspecified atom stereocenters. The number of nitrogens with one attached hydrogen (secondary N) is 1. The number of hydrogen-bond acceptors (Lipinski definition) is 10. The maximum Gasteiger partial charge on any atom is 0.338 e. The van der Waals surface area contributed by atoms with Crippen LogP contribution in [0.15, 0.2) is 64.5 Å². The van der Waals surface area contributed by atoms with E-state index in [9.17, 15) is 18.8 Å². The van der Waals surface area contributed by atoms with Crippen molar-refractivity contribution in [3.8, 4) is 0 Å². The van der Waals surface area contributed by atoms with Crippen LogP contribution in [0.3, 0.4) is 0 Å². The largest absolute Gasteiger partial charge is 0.481 e. The number of halogens is 2. The van der Waals surface area contributed by atoms with Gasteiger partial charge in [0.05, 0.1) is 30.6 Å². The highest BCUT2D eigenvalue weighted by Crippen LogP contribution is 2.37. The number of amides is 2. The van der Waals surface area contributed by atoms with Gasteiger partial charge in [-0.2, -0.15) is 0 Å². The Kier molecular flexibility index (Phi) is 8.79. The third-order valence-corrected chi connectivity index (χ3v) is 9.07. The molecule has 234 valence electrons. The molecule has 6 rings (SSSR count). The van der Waals surface area contributed by atoms with Crippen LogP contribution in [0.25, 0.3) is 0 Å². The number of hydrogen-bond donors (Lipinski definition) is 2.